The molecule has 2 amide bonds. The Kier molecular flexibility index (Phi) is 4.32. The topological polar surface area (TPSA) is 78.4 Å². The van der Waals surface area contributed by atoms with Crippen LogP contribution in [0.5, 0.6) is 0 Å². The number of hydrogen-bond acceptors (Lipinski definition) is 2. The summed E-state index contributed by atoms with van der Waals surface area (Å²) in [7, 11) is 0. The summed E-state index contributed by atoms with van der Waals surface area (Å²) in [5.74, 6) is 0.237. The lowest BCUT2D eigenvalue weighted by Gasteiger charge is -2.22. The van der Waals surface area contributed by atoms with Crippen LogP contribution in [-0.4, -0.2) is 29.2 Å². The zero-order valence-electron chi connectivity index (χ0n) is 12.5. The number of carbonyl (C=O) groups is 2. The van der Waals surface area contributed by atoms with Crippen molar-refractivity contribution in [2.45, 2.75) is 56.5 Å². The summed E-state index contributed by atoms with van der Waals surface area (Å²) in [5.41, 5.74) is 1.77. The zero-order valence-corrected chi connectivity index (χ0v) is 12.5. The van der Waals surface area contributed by atoms with E-state index in [-0.39, 0.29) is 17.9 Å². The highest BCUT2D eigenvalue weighted by atomic mass is 16.4. The van der Waals surface area contributed by atoms with Crippen molar-refractivity contribution in [1.29, 1.82) is 0 Å². The summed E-state index contributed by atoms with van der Waals surface area (Å²) in [4.78, 5) is 22.8. The summed E-state index contributed by atoms with van der Waals surface area (Å²) in [6.07, 6.45) is 5.68. The third-order valence-corrected chi connectivity index (χ3v) is 4.64. The maximum absolute atomic E-state index is 12.2. The Bertz CT molecular complexity index is 550. The number of amides is 2. The number of rotatable bonds is 4. The van der Waals surface area contributed by atoms with E-state index in [0.717, 1.165) is 24.8 Å². The van der Waals surface area contributed by atoms with Crippen LogP contribution in [0, 0.1) is 0 Å². The van der Waals surface area contributed by atoms with E-state index in [1.165, 1.54) is 19.3 Å². The highest BCUT2D eigenvalue weighted by molar-refractivity contribution is 5.94. The van der Waals surface area contributed by atoms with Crippen LogP contribution in [0.4, 0.5) is 4.79 Å². The molecule has 0 radical (unpaired) electrons. The molecule has 1 aromatic rings. The predicted molar refractivity (Wildman–Crippen MR) is 83.1 cm³/mol. The summed E-state index contributed by atoms with van der Waals surface area (Å²) in [6, 6.07) is 7.87. The van der Waals surface area contributed by atoms with Crippen LogP contribution >= 0.6 is 0 Å². The fourth-order valence-electron chi connectivity index (χ4n) is 3.28. The molecule has 0 aliphatic heterocycles. The second kappa shape index (κ2) is 6.38. The van der Waals surface area contributed by atoms with Crippen LogP contribution < -0.4 is 10.6 Å². The number of benzene rings is 1. The molecular weight excluding hydrogens is 280 g/mol. The molecule has 0 saturated heterocycles. The number of hydrogen-bond donors (Lipinski definition) is 3. The quantitative estimate of drug-likeness (QED) is 0.800. The lowest BCUT2D eigenvalue weighted by atomic mass is 9.95. The molecule has 0 aromatic heterocycles. The molecule has 0 heterocycles. The lowest BCUT2D eigenvalue weighted by molar-refractivity contribution is 0.0927. The monoisotopic (exact) mass is 302 g/mol. The molecule has 2 saturated carbocycles. The van der Waals surface area contributed by atoms with Gasteiger partial charge in [0, 0.05) is 23.6 Å². The fraction of sp³-hybridized carbons (Fsp3) is 0.529. The predicted octanol–water partition coefficient (Wildman–Crippen LogP) is 2.87. The Morgan fingerprint density at radius 1 is 1.00 bits per heavy atom. The van der Waals surface area contributed by atoms with Gasteiger partial charge in [-0.25, -0.2) is 4.79 Å². The Morgan fingerprint density at radius 2 is 1.68 bits per heavy atom. The molecule has 5 heteroatoms. The number of carboxylic acid groups (broad SMARTS) is 1. The summed E-state index contributed by atoms with van der Waals surface area (Å²) in [6.45, 7) is 0. The molecule has 2 atom stereocenters. The average molecular weight is 302 g/mol. The zero-order chi connectivity index (χ0) is 15.5. The lowest BCUT2D eigenvalue weighted by Crippen LogP contribution is -2.36. The third kappa shape index (κ3) is 3.59. The second-order valence-corrected chi connectivity index (χ2v) is 6.33. The standard InChI is InChI=1S/C17H22N2O3/c20-16(18-13-4-2-1-3-5-13)12-8-6-11(7-9-12)14-10-15(14)19-17(21)22/h6-9,13-15,19H,1-5,10H2,(H,18,20)(H,21,22)/t14-,15+/m0/s1. The van der Waals surface area contributed by atoms with Gasteiger partial charge in [-0.2, -0.15) is 0 Å². The van der Waals surface area contributed by atoms with Crippen LogP contribution in [0.3, 0.4) is 0 Å². The number of carbonyl (C=O) groups excluding carboxylic acids is 1. The first-order valence-electron chi connectivity index (χ1n) is 8.04. The van der Waals surface area contributed by atoms with Crippen molar-refractivity contribution >= 4 is 12.0 Å². The molecule has 2 aliphatic carbocycles. The van der Waals surface area contributed by atoms with Gasteiger partial charge in [0.1, 0.15) is 0 Å². The minimum absolute atomic E-state index is 0.00513. The maximum atomic E-state index is 12.2. The average Bonchev–Trinajstić information content (AvgIpc) is 3.27. The first kappa shape index (κ1) is 14.9. The van der Waals surface area contributed by atoms with E-state index in [4.69, 9.17) is 5.11 Å². The molecule has 0 bridgehead atoms. The van der Waals surface area contributed by atoms with Crippen molar-refractivity contribution in [3.63, 3.8) is 0 Å². The molecule has 5 nitrogen and oxygen atoms in total. The van der Waals surface area contributed by atoms with Crippen LogP contribution in [0.2, 0.25) is 0 Å². The molecule has 1 aromatic carbocycles. The second-order valence-electron chi connectivity index (χ2n) is 6.33. The molecule has 2 aliphatic rings. The smallest absolute Gasteiger partial charge is 0.404 e. The van der Waals surface area contributed by atoms with E-state index in [9.17, 15) is 9.59 Å². The first-order chi connectivity index (χ1) is 10.6. The minimum Gasteiger partial charge on any atom is -0.465 e. The largest absolute Gasteiger partial charge is 0.465 e. The van der Waals surface area contributed by atoms with Crippen LogP contribution in [0.25, 0.3) is 0 Å². The molecule has 2 fully saturated rings. The summed E-state index contributed by atoms with van der Waals surface area (Å²) < 4.78 is 0. The van der Waals surface area contributed by atoms with E-state index in [0.29, 0.717) is 11.6 Å². The van der Waals surface area contributed by atoms with Gasteiger partial charge in [0.05, 0.1) is 0 Å². The first-order valence-corrected chi connectivity index (χ1v) is 8.04. The van der Waals surface area contributed by atoms with Crippen molar-refractivity contribution in [1.82, 2.24) is 10.6 Å². The van der Waals surface area contributed by atoms with Gasteiger partial charge in [-0.3, -0.25) is 4.79 Å². The molecule has 118 valence electrons. The van der Waals surface area contributed by atoms with E-state index < -0.39 is 6.09 Å². The molecule has 22 heavy (non-hydrogen) atoms. The summed E-state index contributed by atoms with van der Waals surface area (Å²) in [5, 5.41) is 14.3. The van der Waals surface area contributed by atoms with Crippen LogP contribution in [0.1, 0.15) is 60.4 Å². The highest BCUT2D eigenvalue weighted by Crippen LogP contribution is 2.40. The molecular formula is C17H22N2O3. The Labute approximate surface area is 130 Å². The van der Waals surface area contributed by atoms with Gasteiger partial charge in [0.25, 0.3) is 5.91 Å². The van der Waals surface area contributed by atoms with Crippen molar-refractivity contribution in [3.05, 3.63) is 35.4 Å². The van der Waals surface area contributed by atoms with Crippen molar-refractivity contribution < 1.29 is 14.7 Å². The Hall–Kier alpha value is -2.04. The normalized spacial score (nSPS) is 24.5. The van der Waals surface area contributed by atoms with E-state index >= 15 is 0 Å². The third-order valence-electron chi connectivity index (χ3n) is 4.64. The van der Waals surface area contributed by atoms with Gasteiger partial charge in [-0.15, -0.1) is 0 Å². The molecule has 0 unspecified atom stereocenters. The molecule has 3 N–H and O–H groups in total. The van der Waals surface area contributed by atoms with Gasteiger partial charge >= 0.3 is 6.09 Å². The van der Waals surface area contributed by atoms with E-state index in [1.54, 1.807) is 0 Å². The van der Waals surface area contributed by atoms with Gasteiger partial charge in [0.15, 0.2) is 0 Å². The van der Waals surface area contributed by atoms with Crippen LogP contribution in [-0.2, 0) is 0 Å². The highest BCUT2D eigenvalue weighted by Gasteiger charge is 2.39. The summed E-state index contributed by atoms with van der Waals surface area (Å²) >= 11 is 0. The van der Waals surface area contributed by atoms with Gasteiger partial charge in [-0.1, -0.05) is 31.4 Å². The van der Waals surface area contributed by atoms with Crippen molar-refractivity contribution in [3.8, 4) is 0 Å². The van der Waals surface area contributed by atoms with E-state index in [1.807, 2.05) is 24.3 Å². The van der Waals surface area contributed by atoms with Crippen LogP contribution in [0.15, 0.2) is 24.3 Å². The Morgan fingerprint density at radius 3 is 2.32 bits per heavy atom. The van der Waals surface area contributed by atoms with Gasteiger partial charge < -0.3 is 15.7 Å². The molecule has 0 spiro atoms. The SMILES string of the molecule is O=C(O)N[C@@H]1C[C@H]1c1ccc(C(=O)NC2CCCCC2)cc1. The Balaban J connectivity index is 1.55. The maximum Gasteiger partial charge on any atom is 0.404 e. The fourth-order valence-corrected chi connectivity index (χ4v) is 3.28. The van der Waals surface area contributed by atoms with Crippen molar-refractivity contribution in [2.75, 3.05) is 0 Å². The minimum atomic E-state index is -0.976. The van der Waals surface area contributed by atoms with Gasteiger partial charge in [-0.05, 0) is 37.0 Å². The van der Waals surface area contributed by atoms with Crippen molar-refractivity contribution in [2.24, 2.45) is 0 Å². The van der Waals surface area contributed by atoms with Gasteiger partial charge in [0.2, 0.25) is 0 Å². The number of nitrogens with one attached hydrogen (secondary N) is 2. The van der Waals surface area contributed by atoms with E-state index in [2.05, 4.69) is 10.6 Å². The molecule has 3 rings (SSSR count).